The second-order valence-corrected chi connectivity index (χ2v) is 10.6. The van der Waals surface area contributed by atoms with Crippen molar-refractivity contribution in [2.24, 2.45) is 5.16 Å². The molecule has 42 heavy (non-hydrogen) atoms. The Hall–Kier alpha value is -3.74. The van der Waals surface area contributed by atoms with Gasteiger partial charge in [-0.2, -0.15) is 0 Å². The van der Waals surface area contributed by atoms with Crippen LogP contribution >= 0.6 is 0 Å². The molecule has 1 saturated heterocycles. The number of aromatic nitrogens is 1. The van der Waals surface area contributed by atoms with Gasteiger partial charge in [0, 0.05) is 52.9 Å². The average Bonchev–Trinajstić information content (AvgIpc) is 3.09. The van der Waals surface area contributed by atoms with Crippen molar-refractivity contribution in [1.29, 1.82) is 0 Å². The number of esters is 4. The lowest BCUT2D eigenvalue weighted by atomic mass is 9.98. The van der Waals surface area contributed by atoms with E-state index in [2.05, 4.69) is 23.0 Å². The quantitative estimate of drug-likeness (QED) is 0.170. The van der Waals surface area contributed by atoms with Crippen molar-refractivity contribution in [1.82, 2.24) is 4.98 Å². The fourth-order valence-corrected chi connectivity index (χ4v) is 4.90. The van der Waals surface area contributed by atoms with Gasteiger partial charge in [-0.25, -0.2) is 0 Å². The number of carbonyl (C=O) groups is 4. The maximum Gasteiger partial charge on any atom is 0.303 e. The molecule has 5 atom stereocenters. The monoisotopic (exact) mass is 591 g/mol. The summed E-state index contributed by atoms with van der Waals surface area (Å²) in [5, 5.41) is 4.23. The zero-order valence-electron chi connectivity index (χ0n) is 25.3. The smallest absolute Gasteiger partial charge is 0.303 e. The number of carbonyl (C=O) groups excluding carboxylic acids is 4. The summed E-state index contributed by atoms with van der Waals surface area (Å²) in [7, 11) is 0. The highest BCUT2D eigenvalue weighted by molar-refractivity contribution is 5.82. The van der Waals surface area contributed by atoms with Gasteiger partial charge in [0.15, 0.2) is 12.2 Å². The van der Waals surface area contributed by atoms with Crippen molar-refractivity contribution in [3.8, 4) is 0 Å². The highest BCUT2D eigenvalue weighted by atomic mass is 16.8. The molecule has 3 rings (SSSR count). The Morgan fingerprint density at radius 3 is 2.21 bits per heavy atom. The predicted molar refractivity (Wildman–Crippen MR) is 150 cm³/mol. The minimum absolute atomic E-state index is 0.346. The van der Waals surface area contributed by atoms with Crippen LogP contribution in [0.15, 0.2) is 11.2 Å². The summed E-state index contributed by atoms with van der Waals surface area (Å²) < 4.78 is 27.2. The normalized spacial score (nSPS) is 24.1. The molecular weight excluding hydrogens is 550 g/mol. The lowest BCUT2D eigenvalue weighted by Gasteiger charge is -2.43. The Labute approximate surface area is 245 Å². The summed E-state index contributed by atoms with van der Waals surface area (Å²) in [6.07, 6.45) is -2.79. The molecule has 1 fully saturated rings. The highest BCUT2D eigenvalue weighted by Crippen LogP contribution is 2.31. The number of oxime groups is 1. The van der Waals surface area contributed by atoms with Gasteiger partial charge in [0.25, 0.3) is 6.29 Å². The number of aryl methyl sites for hydroxylation is 3. The van der Waals surface area contributed by atoms with Crippen LogP contribution in [0.1, 0.15) is 70.8 Å². The molecule has 0 N–H and O–H groups in total. The number of hydrogen-bond donors (Lipinski definition) is 0. The molecule has 0 aliphatic carbocycles. The van der Waals surface area contributed by atoms with Crippen LogP contribution in [-0.2, 0) is 54.1 Å². The molecule has 0 saturated carbocycles. The third kappa shape index (κ3) is 9.13. The van der Waals surface area contributed by atoms with Crippen LogP contribution in [0.2, 0.25) is 0 Å². The van der Waals surface area contributed by atoms with Crippen LogP contribution in [0.25, 0.3) is 0 Å². The number of nitrogens with zero attached hydrogens (tertiary/aromatic N) is 3. The summed E-state index contributed by atoms with van der Waals surface area (Å²) in [6, 6.07) is 2.18. The molecule has 0 bridgehead atoms. The largest absolute Gasteiger partial charge is 0.463 e. The molecule has 13 heteroatoms. The van der Waals surface area contributed by atoms with E-state index in [-0.39, 0.29) is 6.61 Å². The molecule has 1 aromatic heterocycles. The van der Waals surface area contributed by atoms with Gasteiger partial charge in [-0.3, -0.25) is 24.2 Å². The first-order valence-electron chi connectivity index (χ1n) is 14.1. The molecule has 2 aliphatic rings. The number of ether oxygens (including phenoxy) is 5. The number of pyridine rings is 1. The third-order valence-electron chi connectivity index (χ3n) is 6.96. The Bertz CT molecular complexity index is 1190. The van der Waals surface area contributed by atoms with E-state index in [1.54, 1.807) is 6.92 Å². The van der Waals surface area contributed by atoms with Gasteiger partial charge in [-0.05, 0) is 51.7 Å². The highest BCUT2D eigenvalue weighted by Gasteiger charge is 2.53. The van der Waals surface area contributed by atoms with Crippen molar-refractivity contribution < 1.29 is 47.7 Å². The van der Waals surface area contributed by atoms with E-state index in [0.29, 0.717) is 18.7 Å². The van der Waals surface area contributed by atoms with Gasteiger partial charge in [-0.15, -0.1) is 0 Å². The zero-order valence-corrected chi connectivity index (χ0v) is 25.3. The Balaban J connectivity index is 1.81. The van der Waals surface area contributed by atoms with Crippen LogP contribution < -0.4 is 4.90 Å². The van der Waals surface area contributed by atoms with Crippen molar-refractivity contribution in [2.75, 3.05) is 24.6 Å². The van der Waals surface area contributed by atoms with Crippen molar-refractivity contribution in [3.63, 3.8) is 0 Å². The first-order valence-corrected chi connectivity index (χ1v) is 14.1. The Kier molecular flexibility index (Phi) is 11.7. The molecule has 1 aromatic rings. The van der Waals surface area contributed by atoms with E-state index in [9.17, 15) is 19.2 Å². The van der Waals surface area contributed by atoms with E-state index >= 15 is 0 Å². The first-order chi connectivity index (χ1) is 19.8. The Morgan fingerprint density at radius 1 is 0.929 bits per heavy atom. The van der Waals surface area contributed by atoms with Crippen LogP contribution in [0.5, 0.6) is 0 Å². The first kappa shape index (κ1) is 32.8. The fourth-order valence-electron chi connectivity index (χ4n) is 4.90. The molecule has 0 aromatic carbocycles. The number of fused-ring (bicyclic) bond motifs is 1. The topological polar surface area (TPSA) is 152 Å². The SMILES string of the molecule is CC(=O)OC[C@H]1O[C@@H](O/N=C(\C)CCN2CCCCc3nc(C)c(C)cc32)[C@H](OC(C)=O)[C@@H](OC(C)=O)[C@@H]1OC(C)=O. The molecule has 2 aliphatic heterocycles. The molecule has 232 valence electrons. The van der Waals surface area contributed by atoms with Gasteiger partial charge in [-0.1, -0.05) is 5.16 Å². The van der Waals surface area contributed by atoms with E-state index in [0.717, 1.165) is 62.3 Å². The van der Waals surface area contributed by atoms with Crippen LogP contribution in [0.4, 0.5) is 5.69 Å². The summed E-state index contributed by atoms with van der Waals surface area (Å²) in [6.45, 7) is 11.8. The van der Waals surface area contributed by atoms with Gasteiger partial charge in [0.2, 0.25) is 6.10 Å². The molecule has 13 nitrogen and oxygen atoms in total. The standard InChI is InChI=1S/C29H41N3O10/c1-16-14-24-23(30-18(16)3)10-8-9-12-32(24)13-11-17(2)31-42-29-28(40-22(7)36)27(39-21(6)35)26(38-20(5)34)25(41-29)15-37-19(4)33/h14,25-29H,8-13,15H2,1-7H3/b31-17+/t25-,26-,27+,28-,29+/m1/s1. The third-order valence-corrected chi connectivity index (χ3v) is 6.96. The minimum Gasteiger partial charge on any atom is -0.463 e. The van der Waals surface area contributed by atoms with Crippen molar-refractivity contribution in [2.45, 2.75) is 105 Å². The van der Waals surface area contributed by atoms with Crippen LogP contribution in [-0.4, -0.2) is 85.0 Å². The van der Waals surface area contributed by atoms with Crippen LogP contribution in [0, 0.1) is 13.8 Å². The average molecular weight is 592 g/mol. The number of anilines is 1. The van der Waals surface area contributed by atoms with Crippen molar-refractivity contribution in [3.05, 3.63) is 23.0 Å². The fraction of sp³-hybridized carbons (Fsp3) is 0.655. The maximum absolute atomic E-state index is 12.0. The second-order valence-electron chi connectivity index (χ2n) is 10.6. The number of hydrogen-bond acceptors (Lipinski definition) is 13. The molecular formula is C29H41N3O10. The number of rotatable bonds is 10. The lowest BCUT2D eigenvalue weighted by molar-refractivity contribution is -0.308. The molecule has 0 spiro atoms. The summed E-state index contributed by atoms with van der Waals surface area (Å²) in [4.78, 5) is 60.2. The second kappa shape index (κ2) is 14.9. The lowest BCUT2D eigenvalue weighted by Crippen LogP contribution is -2.62. The Morgan fingerprint density at radius 2 is 1.57 bits per heavy atom. The summed E-state index contributed by atoms with van der Waals surface area (Å²) in [5.41, 5.74) is 5.03. The van der Waals surface area contributed by atoms with E-state index in [4.69, 9.17) is 33.5 Å². The van der Waals surface area contributed by atoms with Crippen molar-refractivity contribution >= 4 is 35.3 Å². The predicted octanol–water partition coefficient (Wildman–Crippen LogP) is 2.71. The molecule has 0 radical (unpaired) electrons. The zero-order chi connectivity index (χ0) is 31.0. The van der Waals surface area contributed by atoms with Crippen LogP contribution in [0.3, 0.4) is 0 Å². The molecule has 3 heterocycles. The van der Waals surface area contributed by atoms with Gasteiger partial charge in [0.05, 0.1) is 17.1 Å². The summed E-state index contributed by atoms with van der Waals surface area (Å²) in [5.74, 6) is -2.75. The van der Waals surface area contributed by atoms with Gasteiger partial charge >= 0.3 is 23.9 Å². The maximum atomic E-state index is 12.0. The van der Waals surface area contributed by atoms with Gasteiger partial charge in [0.1, 0.15) is 12.7 Å². The van der Waals surface area contributed by atoms with Gasteiger partial charge < -0.3 is 33.4 Å². The van der Waals surface area contributed by atoms with E-state index in [1.165, 1.54) is 13.8 Å². The van der Waals surface area contributed by atoms with E-state index in [1.807, 2.05) is 6.92 Å². The summed E-state index contributed by atoms with van der Waals surface area (Å²) >= 11 is 0. The molecule has 0 amide bonds. The van der Waals surface area contributed by atoms with E-state index < -0.39 is 54.6 Å². The molecule has 0 unspecified atom stereocenters. The minimum atomic E-state index is -1.37.